The number of nitrogens with zero attached hydrogens (tertiary/aromatic N) is 1. The van der Waals surface area contributed by atoms with Crippen molar-refractivity contribution in [2.45, 2.75) is 62.5 Å². The number of piperidine rings is 1. The lowest BCUT2D eigenvalue weighted by molar-refractivity contribution is -0.0201. The van der Waals surface area contributed by atoms with Crippen LogP contribution in [0.1, 0.15) is 56.9 Å². The molecule has 6 rings (SSSR count). The topological polar surface area (TPSA) is 35.5 Å². The molecule has 0 radical (unpaired) electrons. The summed E-state index contributed by atoms with van der Waals surface area (Å²) in [5.74, 6) is 2.78. The minimum absolute atomic E-state index is 0.269. The van der Waals surface area contributed by atoms with Crippen LogP contribution in [0.4, 0.5) is 0 Å². The summed E-state index contributed by atoms with van der Waals surface area (Å²) in [6, 6.07) is 8.09. The van der Waals surface area contributed by atoms with Gasteiger partial charge in [0.1, 0.15) is 0 Å². The Morgan fingerprint density at radius 2 is 1.52 bits per heavy atom. The van der Waals surface area contributed by atoms with Crippen LogP contribution in [0.25, 0.3) is 0 Å². The number of rotatable bonds is 2. The number of benzene rings is 1. The van der Waals surface area contributed by atoms with Gasteiger partial charge in [0, 0.05) is 23.1 Å². The maximum absolute atomic E-state index is 11.1. The van der Waals surface area contributed by atoms with Crippen LogP contribution in [0.3, 0.4) is 0 Å². The average Bonchev–Trinajstić information content (AvgIpc) is 2.61. The van der Waals surface area contributed by atoms with E-state index in [9.17, 15) is 5.11 Å². The molecule has 4 bridgehead atoms. The van der Waals surface area contributed by atoms with E-state index in [1.165, 1.54) is 38.5 Å². The average molecular weight is 449 g/mol. The Kier molecular flexibility index (Phi) is 4.56. The summed E-state index contributed by atoms with van der Waals surface area (Å²) in [6.07, 6.45) is 9.78. The largest absolute Gasteiger partial charge is 0.385 e. The van der Waals surface area contributed by atoms with Crippen LogP contribution >= 0.6 is 28.1 Å². The highest BCUT2D eigenvalue weighted by molar-refractivity contribution is 9.10. The first-order valence-corrected chi connectivity index (χ1v) is 11.7. The number of nitrogens with one attached hydrogen (secondary N) is 1. The van der Waals surface area contributed by atoms with Crippen LogP contribution in [0, 0.1) is 17.8 Å². The quantitative estimate of drug-likeness (QED) is 0.649. The maximum Gasteiger partial charge on any atom is 0.169 e. The molecule has 1 heterocycles. The lowest BCUT2D eigenvalue weighted by Gasteiger charge is -2.57. The van der Waals surface area contributed by atoms with E-state index >= 15 is 0 Å². The van der Waals surface area contributed by atoms with E-state index < -0.39 is 5.60 Å². The Labute approximate surface area is 176 Å². The molecule has 0 unspecified atom stereocenters. The zero-order chi connectivity index (χ0) is 18.6. The molecular weight excluding hydrogens is 420 g/mol. The van der Waals surface area contributed by atoms with E-state index in [-0.39, 0.29) is 5.54 Å². The van der Waals surface area contributed by atoms with Crippen molar-refractivity contribution in [3.05, 3.63) is 34.3 Å². The molecule has 0 spiro atoms. The van der Waals surface area contributed by atoms with Gasteiger partial charge in [-0.1, -0.05) is 28.1 Å². The van der Waals surface area contributed by atoms with Crippen LogP contribution < -0.4 is 5.32 Å². The van der Waals surface area contributed by atoms with E-state index in [0.29, 0.717) is 0 Å². The Balaban J connectivity index is 1.22. The monoisotopic (exact) mass is 448 g/mol. The molecule has 4 aliphatic carbocycles. The smallest absolute Gasteiger partial charge is 0.169 e. The summed E-state index contributed by atoms with van der Waals surface area (Å²) >= 11 is 9.32. The highest BCUT2D eigenvalue weighted by atomic mass is 79.9. The van der Waals surface area contributed by atoms with Gasteiger partial charge >= 0.3 is 0 Å². The van der Waals surface area contributed by atoms with E-state index in [1.54, 1.807) is 0 Å². The minimum Gasteiger partial charge on any atom is -0.385 e. The van der Waals surface area contributed by atoms with E-state index in [2.05, 4.69) is 26.1 Å². The lowest BCUT2D eigenvalue weighted by atomic mass is 9.53. The molecule has 0 aromatic heterocycles. The van der Waals surface area contributed by atoms with Gasteiger partial charge in [-0.2, -0.15) is 0 Å². The van der Waals surface area contributed by atoms with Crippen LogP contribution in [-0.2, 0) is 5.60 Å². The third kappa shape index (κ3) is 3.44. The van der Waals surface area contributed by atoms with Crippen molar-refractivity contribution < 1.29 is 5.11 Å². The highest BCUT2D eigenvalue weighted by Gasteiger charge is 2.51. The fourth-order valence-corrected chi connectivity index (χ4v) is 7.36. The van der Waals surface area contributed by atoms with Gasteiger partial charge in [-0.25, -0.2) is 0 Å². The number of likely N-dealkylation sites (tertiary alicyclic amines) is 1. The molecule has 1 aromatic carbocycles. The van der Waals surface area contributed by atoms with Crippen LogP contribution in [0.5, 0.6) is 0 Å². The summed E-state index contributed by atoms with van der Waals surface area (Å²) in [5.41, 5.74) is 0.559. The van der Waals surface area contributed by atoms with E-state index in [0.717, 1.165) is 58.8 Å². The lowest BCUT2D eigenvalue weighted by Crippen LogP contribution is -2.62. The molecule has 5 heteroatoms. The SMILES string of the molecule is OC1(c2ccc(Br)cc2)CCN(C(=S)NC23CC4CC(CC(C4)C2)C3)CC1. The minimum atomic E-state index is -0.729. The number of hydrogen-bond donors (Lipinski definition) is 2. The fourth-order valence-electron chi connectivity index (χ4n) is 6.70. The summed E-state index contributed by atoms with van der Waals surface area (Å²) in [6.45, 7) is 1.65. The van der Waals surface area contributed by atoms with Gasteiger partial charge < -0.3 is 15.3 Å². The highest BCUT2D eigenvalue weighted by Crippen LogP contribution is 2.55. The standard InChI is InChI=1S/C22H29BrN2OS/c23-19-3-1-18(2-4-19)22(26)5-7-25(8-6-22)20(27)24-21-12-15-9-16(13-21)11-17(10-15)14-21/h1-4,15-17,26H,5-14H2,(H,24,27). The molecule has 27 heavy (non-hydrogen) atoms. The molecule has 5 fully saturated rings. The molecule has 4 saturated carbocycles. The van der Waals surface area contributed by atoms with Crippen LogP contribution in [0.15, 0.2) is 28.7 Å². The summed E-state index contributed by atoms with van der Waals surface area (Å²) in [4.78, 5) is 2.29. The fraction of sp³-hybridized carbons (Fsp3) is 0.682. The van der Waals surface area contributed by atoms with Crippen molar-refractivity contribution in [3.63, 3.8) is 0 Å². The third-order valence-electron chi connectivity index (χ3n) is 7.67. The molecule has 1 saturated heterocycles. The molecule has 1 aliphatic heterocycles. The van der Waals surface area contributed by atoms with Crippen LogP contribution in [-0.4, -0.2) is 33.7 Å². The second-order valence-electron chi connectivity index (χ2n) is 9.65. The summed E-state index contributed by atoms with van der Waals surface area (Å²) in [5, 5.41) is 15.9. The second kappa shape index (κ2) is 6.70. The van der Waals surface area contributed by atoms with Crippen molar-refractivity contribution >= 4 is 33.3 Å². The van der Waals surface area contributed by atoms with Crippen molar-refractivity contribution in [2.75, 3.05) is 13.1 Å². The number of aliphatic hydroxyl groups is 1. The van der Waals surface area contributed by atoms with Gasteiger partial charge in [0.05, 0.1) is 5.60 Å². The Morgan fingerprint density at radius 1 is 1.00 bits per heavy atom. The Morgan fingerprint density at radius 3 is 2.04 bits per heavy atom. The third-order valence-corrected chi connectivity index (χ3v) is 8.56. The molecule has 2 N–H and O–H groups in total. The van der Waals surface area contributed by atoms with Crippen molar-refractivity contribution in [3.8, 4) is 0 Å². The first-order chi connectivity index (χ1) is 12.9. The summed E-state index contributed by atoms with van der Waals surface area (Å²) < 4.78 is 1.05. The van der Waals surface area contributed by atoms with Gasteiger partial charge in [0.15, 0.2) is 5.11 Å². The zero-order valence-electron chi connectivity index (χ0n) is 15.8. The Bertz CT molecular complexity index is 691. The number of halogens is 1. The zero-order valence-corrected chi connectivity index (χ0v) is 18.2. The van der Waals surface area contributed by atoms with Gasteiger partial charge in [0.2, 0.25) is 0 Å². The van der Waals surface area contributed by atoms with Crippen molar-refractivity contribution in [1.29, 1.82) is 0 Å². The Hall–Kier alpha value is -0.650. The molecule has 1 aromatic rings. The van der Waals surface area contributed by atoms with Crippen molar-refractivity contribution in [2.24, 2.45) is 17.8 Å². The molecule has 0 amide bonds. The normalized spacial score (nSPS) is 36.7. The second-order valence-corrected chi connectivity index (χ2v) is 11.0. The molecule has 0 atom stereocenters. The molecular formula is C22H29BrN2OS. The van der Waals surface area contributed by atoms with Gasteiger partial charge in [-0.15, -0.1) is 0 Å². The molecule has 3 nitrogen and oxygen atoms in total. The number of thiocarbonyl (C=S) groups is 1. The molecule has 5 aliphatic rings. The van der Waals surface area contributed by atoms with Gasteiger partial charge in [-0.05, 0) is 99.0 Å². The predicted octanol–water partition coefficient (Wildman–Crippen LogP) is 4.58. The van der Waals surface area contributed by atoms with Gasteiger partial charge in [-0.3, -0.25) is 0 Å². The maximum atomic E-state index is 11.1. The predicted molar refractivity (Wildman–Crippen MR) is 115 cm³/mol. The van der Waals surface area contributed by atoms with E-state index in [1.807, 2.05) is 24.3 Å². The first-order valence-electron chi connectivity index (χ1n) is 10.5. The molecule has 146 valence electrons. The first kappa shape index (κ1) is 18.4. The number of hydrogen-bond acceptors (Lipinski definition) is 2. The van der Waals surface area contributed by atoms with Crippen molar-refractivity contribution in [1.82, 2.24) is 10.2 Å². The summed E-state index contributed by atoms with van der Waals surface area (Å²) in [7, 11) is 0. The van der Waals surface area contributed by atoms with E-state index in [4.69, 9.17) is 12.2 Å². The van der Waals surface area contributed by atoms with Gasteiger partial charge in [0.25, 0.3) is 0 Å². The van der Waals surface area contributed by atoms with Crippen LogP contribution in [0.2, 0.25) is 0 Å².